The standard InChI is InChI=1S/C14H15ClFNO3/c1-8(14(19)20)7-17(13(18)9-2-3-9)10-4-5-12(16)11(15)6-10/h4-6,8-9H,2-3,7H2,1H3,(H,19,20). The molecule has 108 valence electrons. The highest BCUT2D eigenvalue weighted by Gasteiger charge is 2.35. The van der Waals surface area contributed by atoms with Crippen LogP contribution in [0.25, 0.3) is 0 Å². The van der Waals surface area contributed by atoms with Crippen molar-refractivity contribution in [3.63, 3.8) is 0 Å². The SMILES string of the molecule is CC(CN(C(=O)C1CC1)c1ccc(F)c(Cl)c1)C(=O)O. The fourth-order valence-corrected chi connectivity index (χ4v) is 2.05. The molecular weight excluding hydrogens is 285 g/mol. The van der Waals surface area contributed by atoms with E-state index in [0.29, 0.717) is 5.69 Å². The van der Waals surface area contributed by atoms with Gasteiger partial charge in [-0.25, -0.2) is 4.39 Å². The van der Waals surface area contributed by atoms with Crippen LogP contribution >= 0.6 is 11.6 Å². The summed E-state index contributed by atoms with van der Waals surface area (Å²) in [4.78, 5) is 24.6. The van der Waals surface area contributed by atoms with Gasteiger partial charge in [0.1, 0.15) is 5.82 Å². The predicted molar refractivity (Wildman–Crippen MR) is 73.3 cm³/mol. The van der Waals surface area contributed by atoms with Gasteiger partial charge in [-0.15, -0.1) is 0 Å². The lowest BCUT2D eigenvalue weighted by atomic mass is 10.1. The second-order valence-corrected chi connectivity index (χ2v) is 5.47. The van der Waals surface area contributed by atoms with Crippen LogP contribution in [0.4, 0.5) is 10.1 Å². The van der Waals surface area contributed by atoms with Crippen LogP contribution < -0.4 is 4.90 Å². The Morgan fingerprint density at radius 1 is 1.50 bits per heavy atom. The Morgan fingerprint density at radius 3 is 2.65 bits per heavy atom. The number of halogens is 2. The maximum Gasteiger partial charge on any atom is 0.308 e. The minimum atomic E-state index is -0.980. The summed E-state index contributed by atoms with van der Waals surface area (Å²) >= 11 is 5.73. The first kappa shape index (κ1) is 14.8. The van der Waals surface area contributed by atoms with Gasteiger partial charge in [-0.1, -0.05) is 18.5 Å². The average molecular weight is 300 g/mol. The van der Waals surface area contributed by atoms with Gasteiger partial charge in [0.25, 0.3) is 0 Å². The molecule has 1 saturated carbocycles. The molecule has 6 heteroatoms. The number of amides is 1. The highest BCUT2D eigenvalue weighted by atomic mass is 35.5. The summed E-state index contributed by atoms with van der Waals surface area (Å²) < 4.78 is 13.2. The number of benzene rings is 1. The molecule has 0 heterocycles. The number of carboxylic acids is 1. The summed E-state index contributed by atoms with van der Waals surface area (Å²) in [5.41, 5.74) is 0.432. The van der Waals surface area contributed by atoms with Crippen LogP contribution in [-0.4, -0.2) is 23.5 Å². The first-order valence-corrected chi connectivity index (χ1v) is 6.77. The molecule has 1 unspecified atom stereocenters. The number of carbonyl (C=O) groups excluding carboxylic acids is 1. The summed E-state index contributed by atoms with van der Waals surface area (Å²) in [5, 5.41) is 8.90. The molecule has 0 spiro atoms. The smallest absolute Gasteiger partial charge is 0.308 e. The summed E-state index contributed by atoms with van der Waals surface area (Å²) in [7, 11) is 0. The van der Waals surface area contributed by atoms with E-state index in [9.17, 15) is 14.0 Å². The molecule has 20 heavy (non-hydrogen) atoms. The van der Waals surface area contributed by atoms with E-state index in [1.54, 1.807) is 0 Å². The third-order valence-electron chi connectivity index (χ3n) is 3.29. The first-order chi connectivity index (χ1) is 9.40. The van der Waals surface area contributed by atoms with Crippen LogP contribution in [0.3, 0.4) is 0 Å². The Bertz CT molecular complexity index is 545. The Labute approximate surface area is 121 Å². The summed E-state index contributed by atoms with van der Waals surface area (Å²) in [6.45, 7) is 1.58. The average Bonchev–Trinajstić information content (AvgIpc) is 3.22. The van der Waals surface area contributed by atoms with Gasteiger partial charge in [-0.2, -0.15) is 0 Å². The normalized spacial score (nSPS) is 15.8. The Kier molecular flexibility index (Phi) is 4.28. The van der Waals surface area contributed by atoms with Gasteiger partial charge >= 0.3 is 5.97 Å². The quantitative estimate of drug-likeness (QED) is 0.909. The van der Waals surface area contributed by atoms with Gasteiger partial charge in [0.2, 0.25) is 5.91 Å². The lowest BCUT2D eigenvalue weighted by Gasteiger charge is -2.25. The van der Waals surface area contributed by atoms with Crippen molar-refractivity contribution in [2.24, 2.45) is 11.8 Å². The molecule has 0 radical (unpaired) electrons. The molecule has 1 aromatic carbocycles. The number of hydrogen-bond acceptors (Lipinski definition) is 2. The topological polar surface area (TPSA) is 57.6 Å². The molecule has 1 fully saturated rings. The third kappa shape index (κ3) is 3.28. The zero-order valence-corrected chi connectivity index (χ0v) is 11.7. The summed E-state index contributed by atoms with van der Waals surface area (Å²) in [6, 6.07) is 3.97. The zero-order valence-electron chi connectivity index (χ0n) is 11.0. The first-order valence-electron chi connectivity index (χ1n) is 6.39. The largest absolute Gasteiger partial charge is 0.481 e. The van der Waals surface area contributed by atoms with Gasteiger partial charge in [-0.3, -0.25) is 9.59 Å². The minimum absolute atomic E-state index is 0.0482. The number of hydrogen-bond donors (Lipinski definition) is 1. The number of carbonyl (C=O) groups is 2. The predicted octanol–water partition coefficient (Wildman–Crippen LogP) is 2.94. The van der Waals surface area contributed by atoms with Crippen molar-refractivity contribution in [1.82, 2.24) is 0 Å². The lowest BCUT2D eigenvalue weighted by Crippen LogP contribution is -2.38. The van der Waals surface area contributed by atoms with E-state index in [-0.39, 0.29) is 23.4 Å². The van der Waals surface area contributed by atoms with Crippen molar-refractivity contribution < 1.29 is 19.1 Å². The molecule has 1 aliphatic carbocycles. The molecule has 2 rings (SSSR count). The van der Waals surface area contributed by atoms with Crippen LogP contribution in [0, 0.1) is 17.7 Å². The fraction of sp³-hybridized carbons (Fsp3) is 0.429. The molecule has 1 aromatic rings. The van der Waals surface area contributed by atoms with Crippen molar-refractivity contribution in [2.45, 2.75) is 19.8 Å². The van der Waals surface area contributed by atoms with Gasteiger partial charge in [0, 0.05) is 18.2 Å². The molecule has 0 bridgehead atoms. The van der Waals surface area contributed by atoms with Gasteiger partial charge in [0.05, 0.1) is 10.9 Å². The van der Waals surface area contributed by atoms with E-state index in [1.807, 2.05) is 0 Å². The number of aliphatic carboxylic acids is 1. The highest BCUT2D eigenvalue weighted by molar-refractivity contribution is 6.31. The van der Waals surface area contributed by atoms with Crippen molar-refractivity contribution in [1.29, 1.82) is 0 Å². The van der Waals surface area contributed by atoms with E-state index in [0.717, 1.165) is 12.8 Å². The molecule has 0 aromatic heterocycles. The van der Waals surface area contributed by atoms with Crippen LogP contribution in [0.2, 0.25) is 5.02 Å². The Morgan fingerprint density at radius 2 is 2.15 bits per heavy atom. The summed E-state index contributed by atoms with van der Waals surface area (Å²) in [5.74, 6) is -2.44. The number of nitrogens with zero attached hydrogens (tertiary/aromatic N) is 1. The van der Waals surface area contributed by atoms with E-state index in [4.69, 9.17) is 16.7 Å². The van der Waals surface area contributed by atoms with E-state index in [2.05, 4.69) is 0 Å². The second-order valence-electron chi connectivity index (χ2n) is 5.06. The number of anilines is 1. The molecule has 1 N–H and O–H groups in total. The molecule has 1 aliphatic rings. The van der Waals surface area contributed by atoms with Crippen molar-refractivity contribution in [2.75, 3.05) is 11.4 Å². The van der Waals surface area contributed by atoms with Crippen LogP contribution in [0.5, 0.6) is 0 Å². The van der Waals surface area contributed by atoms with Crippen LogP contribution in [0.1, 0.15) is 19.8 Å². The Hall–Kier alpha value is -1.62. The summed E-state index contributed by atoms with van der Waals surface area (Å²) in [6.07, 6.45) is 1.62. The molecule has 0 saturated heterocycles. The van der Waals surface area contributed by atoms with Gasteiger partial charge in [0.15, 0.2) is 0 Å². The van der Waals surface area contributed by atoms with Crippen LogP contribution in [0.15, 0.2) is 18.2 Å². The molecule has 0 aliphatic heterocycles. The highest BCUT2D eigenvalue weighted by Crippen LogP contribution is 2.34. The fourth-order valence-electron chi connectivity index (χ4n) is 1.88. The zero-order chi connectivity index (χ0) is 14.9. The van der Waals surface area contributed by atoms with Gasteiger partial charge in [-0.05, 0) is 31.0 Å². The lowest BCUT2D eigenvalue weighted by molar-refractivity contribution is -0.140. The molecular formula is C14H15ClFNO3. The van der Waals surface area contributed by atoms with E-state index in [1.165, 1.54) is 30.0 Å². The molecule has 1 atom stereocenters. The van der Waals surface area contributed by atoms with E-state index >= 15 is 0 Å². The maximum atomic E-state index is 13.2. The van der Waals surface area contributed by atoms with Crippen LogP contribution in [-0.2, 0) is 9.59 Å². The van der Waals surface area contributed by atoms with Crippen molar-refractivity contribution >= 4 is 29.2 Å². The van der Waals surface area contributed by atoms with Crippen molar-refractivity contribution in [3.8, 4) is 0 Å². The minimum Gasteiger partial charge on any atom is -0.481 e. The second kappa shape index (κ2) is 5.79. The van der Waals surface area contributed by atoms with Crippen molar-refractivity contribution in [3.05, 3.63) is 29.0 Å². The Balaban J connectivity index is 2.27. The third-order valence-corrected chi connectivity index (χ3v) is 3.58. The van der Waals surface area contributed by atoms with Gasteiger partial charge < -0.3 is 10.0 Å². The number of rotatable bonds is 5. The molecule has 4 nitrogen and oxygen atoms in total. The monoisotopic (exact) mass is 299 g/mol. The molecule has 1 amide bonds. The van der Waals surface area contributed by atoms with E-state index < -0.39 is 17.7 Å². The maximum absolute atomic E-state index is 13.2. The number of carboxylic acid groups (broad SMARTS) is 1.